The fraction of sp³-hybridized carbons (Fsp3) is 0.385. The van der Waals surface area contributed by atoms with Gasteiger partial charge in [-0.05, 0) is 36.0 Å². The zero-order chi connectivity index (χ0) is 14.4. The first kappa shape index (κ1) is 15.2. The lowest BCUT2D eigenvalue weighted by molar-refractivity contribution is 0.561. The maximum Gasteiger partial charge on any atom is 0.250 e. The molecule has 2 N–H and O–H groups in total. The minimum absolute atomic E-state index is 0.236. The highest BCUT2D eigenvalue weighted by Gasteiger charge is 2.16. The van der Waals surface area contributed by atoms with Gasteiger partial charge in [0.1, 0.15) is 4.21 Å². The molecule has 2 aromatic rings. The van der Waals surface area contributed by atoms with Crippen LogP contribution >= 0.6 is 11.3 Å². The Labute approximate surface area is 123 Å². The van der Waals surface area contributed by atoms with E-state index in [2.05, 4.69) is 17.0 Å². The van der Waals surface area contributed by atoms with Crippen LogP contribution in [0, 0.1) is 0 Å². The van der Waals surface area contributed by atoms with Crippen molar-refractivity contribution >= 4 is 21.4 Å². The van der Waals surface area contributed by atoms with Crippen molar-refractivity contribution in [2.24, 2.45) is 0 Å². The van der Waals surface area contributed by atoms with Gasteiger partial charge in [-0.3, -0.25) is 0 Å². The van der Waals surface area contributed by atoms with Crippen molar-refractivity contribution in [1.29, 1.82) is 0 Å². The summed E-state index contributed by atoms with van der Waals surface area (Å²) < 4.78 is 32.0. The summed E-state index contributed by atoms with van der Waals surface area (Å²) in [6.45, 7) is 3.95. The predicted octanol–water partition coefficient (Wildman–Crippen LogP) is 2.32. The summed E-state index contributed by atoms with van der Waals surface area (Å²) in [6, 6.07) is 3.45. The SMILES string of the molecule is CCCNCc1csc(S(=O)(=O)NCc2ccoc2)c1. The van der Waals surface area contributed by atoms with Crippen LogP contribution in [0.4, 0.5) is 0 Å². The van der Waals surface area contributed by atoms with E-state index in [1.165, 1.54) is 23.9 Å². The average molecular weight is 314 g/mol. The molecule has 5 nitrogen and oxygen atoms in total. The van der Waals surface area contributed by atoms with E-state index >= 15 is 0 Å². The molecule has 2 heterocycles. The van der Waals surface area contributed by atoms with Gasteiger partial charge in [-0.1, -0.05) is 6.92 Å². The molecule has 0 radical (unpaired) electrons. The van der Waals surface area contributed by atoms with E-state index in [0.29, 0.717) is 10.8 Å². The van der Waals surface area contributed by atoms with Crippen molar-refractivity contribution in [3.8, 4) is 0 Å². The number of sulfonamides is 1. The summed E-state index contributed by atoms with van der Waals surface area (Å²) in [7, 11) is -3.45. The second-order valence-corrected chi connectivity index (χ2v) is 7.31. The van der Waals surface area contributed by atoms with E-state index in [9.17, 15) is 8.42 Å². The van der Waals surface area contributed by atoms with Crippen LogP contribution in [-0.4, -0.2) is 15.0 Å². The largest absolute Gasteiger partial charge is 0.472 e. The summed E-state index contributed by atoms with van der Waals surface area (Å²) in [6.07, 6.45) is 4.10. The molecule has 0 unspecified atom stereocenters. The van der Waals surface area contributed by atoms with Gasteiger partial charge >= 0.3 is 0 Å². The molecule has 0 aliphatic rings. The van der Waals surface area contributed by atoms with Crippen LogP contribution in [0.5, 0.6) is 0 Å². The third-order valence-electron chi connectivity index (χ3n) is 2.70. The van der Waals surface area contributed by atoms with Gasteiger partial charge in [0.25, 0.3) is 0 Å². The van der Waals surface area contributed by atoms with Crippen molar-refractivity contribution < 1.29 is 12.8 Å². The number of hydrogen-bond donors (Lipinski definition) is 2. The van der Waals surface area contributed by atoms with Crippen molar-refractivity contribution in [2.75, 3.05) is 6.54 Å². The Morgan fingerprint density at radius 2 is 2.15 bits per heavy atom. The smallest absolute Gasteiger partial charge is 0.250 e. The molecule has 0 aliphatic carbocycles. The van der Waals surface area contributed by atoms with E-state index in [1.807, 2.05) is 5.38 Å². The molecule has 2 aromatic heterocycles. The van der Waals surface area contributed by atoms with E-state index in [-0.39, 0.29) is 6.54 Å². The highest BCUT2D eigenvalue weighted by atomic mass is 32.2. The lowest BCUT2D eigenvalue weighted by atomic mass is 10.3. The molecule has 7 heteroatoms. The van der Waals surface area contributed by atoms with E-state index in [4.69, 9.17) is 4.42 Å². The molecule has 20 heavy (non-hydrogen) atoms. The van der Waals surface area contributed by atoms with Crippen molar-refractivity contribution in [3.05, 3.63) is 41.2 Å². The van der Waals surface area contributed by atoms with E-state index in [0.717, 1.165) is 24.1 Å². The van der Waals surface area contributed by atoms with Crippen molar-refractivity contribution in [3.63, 3.8) is 0 Å². The summed E-state index contributed by atoms with van der Waals surface area (Å²) in [4.78, 5) is 0. The standard InChI is InChI=1S/C13H18N2O3S2/c1-2-4-14-7-12-6-13(19-10-12)20(16,17)15-8-11-3-5-18-9-11/h3,5-6,9-10,14-15H,2,4,7-8H2,1H3. The normalized spacial score (nSPS) is 11.8. The van der Waals surface area contributed by atoms with Crippen LogP contribution in [0.25, 0.3) is 0 Å². The van der Waals surface area contributed by atoms with Crippen LogP contribution in [-0.2, 0) is 23.1 Å². The van der Waals surface area contributed by atoms with Crippen molar-refractivity contribution in [1.82, 2.24) is 10.0 Å². The van der Waals surface area contributed by atoms with Gasteiger partial charge in [-0.15, -0.1) is 11.3 Å². The molecular formula is C13H18N2O3S2. The molecule has 0 saturated heterocycles. The Kier molecular flexibility index (Phi) is 5.36. The lowest BCUT2D eigenvalue weighted by Gasteiger charge is -2.02. The van der Waals surface area contributed by atoms with E-state index < -0.39 is 10.0 Å². The van der Waals surface area contributed by atoms with Gasteiger partial charge in [0, 0.05) is 18.7 Å². The first-order valence-corrected chi connectivity index (χ1v) is 8.77. The molecular weight excluding hydrogens is 296 g/mol. The average Bonchev–Trinajstić information content (AvgIpc) is 3.08. The van der Waals surface area contributed by atoms with Crippen LogP contribution in [0.1, 0.15) is 24.5 Å². The Morgan fingerprint density at radius 1 is 1.30 bits per heavy atom. The topological polar surface area (TPSA) is 71.3 Å². The van der Waals surface area contributed by atoms with Gasteiger partial charge in [-0.25, -0.2) is 13.1 Å². The Morgan fingerprint density at radius 3 is 2.85 bits per heavy atom. The van der Waals surface area contributed by atoms with Crippen molar-refractivity contribution in [2.45, 2.75) is 30.6 Å². The molecule has 0 bridgehead atoms. The first-order chi connectivity index (χ1) is 9.62. The number of furan rings is 1. The van der Waals surface area contributed by atoms with Gasteiger partial charge in [-0.2, -0.15) is 0 Å². The molecule has 110 valence electrons. The maximum atomic E-state index is 12.1. The quantitative estimate of drug-likeness (QED) is 0.734. The Hall–Kier alpha value is -1.15. The Balaban J connectivity index is 1.95. The predicted molar refractivity (Wildman–Crippen MR) is 79.1 cm³/mol. The number of nitrogens with one attached hydrogen (secondary N) is 2. The Bertz CT molecular complexity index is 618. The summed E-state index contributed by atoms with van der Waals surface area (Å²) in [5, 5.41) is 5.12. The second kappa shape index (κ2) is 7.03. The third kappa shape index (κ3) is 4.17. The van der Waals surface area contributed by atoms with Crippen LogP contribution in [0.2, 0.25) is 0 Å². The van der Waals surface area contributed by atoms with Gasteiger partial charge in [0.2, 0.25) is 10.0 Å². The number of rotatable bonds is 8. The third-order valence-corrected chi connectivity index (χ3v) is 5.59. The van der Waals surface area contributed by atoms with Crippen LogP contribution in [0.3, 0.4) is 0 Å². The molecule has 0 aliphatic heterocycles. The zero-order valence-electron chi connectivity index (χ0n) is 11.3. The number of thiophene rings is 1. The highest BCUT2D eigenvalue weighted by molar-refractivity contribution is 7.91. The monoisotopic (exact) mass is 314 g/mol. The molecule has 0 aromatic carbocycles. The van der Waals surface area contributed by atoms with E-state index in [1.54, 1.807) is 12.1 Å². The second-order valence-electron chi connectivity index (χ2n) is 4.41. The summed E-state index contributed by atoms with van der Waals surface area (Å²) in [5.41, 5.74) is 1.79. The number of hydrogen-bond acceptors (Lipinski definition) is 5. The zero-order valence-corrected chi connectivity index (χ0v) is 12.9. The van der Waals surface area contributed by atoms with Gasteiger partial charge in [0.05, 0.1) is 12.5 Å². The van der Waals surface area contributed by atoms with Gasteiger partial charge < -0.3 is 9.73 Å². The fourth-order valence-corrected chi connectivity index (χ4v) is 3.91. The molecule has 0 fully saturated rings. The molecule has 0 amide bonds. The fourth-order valence-electron chi connectivity index (χ4n) is 1.64. The summed E-state index contributed by atoms with van der Waals surface area (Å²) >= 11 is 1.24. The minimum atomic E-state index is -3.45. The van der Waals surface area contributed by atoms with Gasteiger partial charge in [0.15, 0.2) is 0 Å². The first-order valence-electron chi connectivity index (χ1n) is 6.40. The maximum absolute atomic E-state index is 12.1. The van der Waals surface area contributed by atoms with Crippen LogP contribution in [0.15, 0.2) is 38.7 Å². The summed E-state index contributed by atoms with van der Waals surface area (Å²) in [5.74, 6) is 0. The molecule has 0 atom stereocenters. The molecule has 2 rings (SSSR count). The van der Waals surface area contributed by atoms with Crippen LogP contribution < -0.4 is 10.0 Å². The molecule has 0 spiro atoms. The highest BCUT2D eigenvalue weighted by Crippen LogP contribution is 2.20. The minimum Gasteiger partial charge on any atom is -0.472 e. The molecule has 0 saturated carbocycles. The lowest BCUT2D eigenvalue weighted by Crippen LogP contribution is -2.22.